The van der Waals surface area contributed by atoms with Crippen LogP contribution >= 0.6 is 0 Å². The molecule has 1 heterocycles. The molecule has 4 atom stereocenters. The minimum Gasteiger partial charge on any atom is -0.373 e. The number of ether oxygens (including phenoxy) is 1. The van der Waals surface area contributed by atoms with Crippen molar-refractivity contribution in [1.29, 1.82) is 0 Å². The minimum atomic E-state index is 0.657. The molecule has 1 heteroatoms. The van der Waals surface area contributed by atoms with Gasteiger partial charge in [0.2, 0.25) is 0 Å². The smallest absolute Gasteiger partial charge is 0.0838 e. The molecule has 0 N–H and O–H groups in total. The number of hydrogen-bond donors (Lipinski definition) is 0. The van der Waals surface area contributed by atoms with Crippen molar-refractivity contribution in [3.05, 3.63) is 0 Å². The van der Waals surface area contributed by atoms with E-state index in [-0.39, 0.29) is 0 Å². The van der Waals surface area contributed by atoms with Crippen LogP contribution in [0, 0.1) is 17.8 Å². The Hall–Kier alpha value is -0.0400. The molecule has 0 spiro atoms. The first-order valence-electron chi connectivity index (χ1n) is 4.89. The van der Waals surface area contributed by atoms with Crippen molar-refractivity contribution in [3.8, 4) is 0 Å². The third-order valence-electron chi connectivity index (χ3n) is 3.52. The molecule has 0 aromatic rings. The fourth-order valence-electron chi connectivity index (χ4n) is 2.25. The molecule has 2 rings (SSSR count). The standard InChI is InChI=1S/C10H18O/c1-7-3-4-9(5-8(7)2)10-6-11-10/h7-10H,3-6H2,1-2H3. The SMILES string of the molecule is CC1CCC(C2CO2)CC1C. The van der Waals surface area contributed by atoms with Crippen molar-refractivity contribution >= 4 is 0 Å². The highest BCUT2D eigenvalue weighted by molar-refractivity contribution is 4.85. The van der Waals surface area contributed by atoms with Crippen molar-refractivity contribution in [2.24, 2.45) is 17.8 Å². The summed E-state index contributed by atoms with van der Waals surface area (Å²) in [5.74, 6) is 2.78. The Kier molecular flexibility index (Phi) is 1.92. The summed E-state index contributed by atoms with van der Waals surface area (Å²) < 4.78 is 5.33. The number of rotatable bonds is 1. The maximum Gasteiger partial charge on any atom is 0.0838 e. The lowest BCUT2D eigenvalue weighted by Crippen LogP contribution is -2.23. The molecule has 1 aliphatic carbocycles. The molecule has 4 unspecified atom stereocenters. The Morgan fingerprint density at radius 2 is 1.82 bits per heavy atom. The van der Waals surface area contributed by atoms with Crippen LogP contribution in [0.3, 0.4) is 0 Å². The third kappa shape index (κ3) is 1.58. The lowest BCUT2D eigenvalue weighted by molar-refractivity contribution is 0.175. The van der Waals surface area contributed by atoms with E-state index < -0.39 is 0 Å². The van der Waals surface area contributed by atoms with Crippen molar-refractivity contribution < 1.29 is 4.74 Å². The summed E-state index contributed by atoms with van der Waals surface area (Å²) >= 11 is 0. The quantitative estimate of drug-likeness (QED) is 0.528. The normalized spacial score (nSPS) is 50.7. The Balaban J connectivity index is 1.86. The van der Waals surface area contributed by atoms with E-state index in [2.05, 4.69) is 13.8 Å². The molecule has 1 saturated heterocycles. The molecule has 2 aliphatic rings. The van der Waals surface area contributed by atoms with Crippen LogP contribution in [0.2, 0.25) is 0 Å². The van der Waals surface area contributed by atoms with E-state index in [1.54, 1.807) is 0 Å². The van der Waals surface area contributed by atoms with Gasteiger partial charge in [-0.25, -0.2) is 0 Å². The Bertz CT molecular complexity index is 140. The van der Waals surface area contributed by atoms with Gasteiger partial charge in [0.15, 0.2) is 0 Å². The zero-order chi connectivity index (χ0) is 7.84. The summed E-state index contributed by atoms with van der Waals surface area (Å²) in [6.45, 7) is 5.82. The van der Waals surface area contributed by atoms with Crippen LogP contribution in [-0.2, 0) is 4.74 Å². The molecule has 0 amide bonds. The second-order valence-corrected chi connectivity index (χ2v) is 4.40. The summed E-state index contributed by atoms with van der Waals surface area (Å²) in [7, 11) is 0. The summed E-state index contributed by atoms with van der Waals surface area (Å²) in [5, 5.41) is 0. The van der Waals surface area contributed by atoms with E-state index in [1.807, 2.05) is 0 Å². The number of hydrogen-bond acceptors (Lipinski definition) is 1. The average molecular weight is 154 g/mol. The van der Waals surface area contributed by atoms with Gasteiger partial charge in [-0.1, -0.05) is 20.3 Å². The van der Waals surface area contributed by atoms with Gasteiger partial charge in [0.25, 0.3) is 0 Å². The molecule has 1 nitrogen and oxygen atoms in total. The van der Waals surface area contributed by atoms with Crippen LogP contribution in [0.4, 0.5) is 0 Å². The monoisotopic (exact) mass is 154 g/mol. The molecular formula is C10H18O. The predicted octanol–water partition coefficient (Wildman–Crippen LogP) is 2.46. The van der Waals surface area contributed by atoms with Gasteiger partial charge >= 0.3 is 0 Å². The van der Waals surface area contributed by atoms with Gasteiger partial charge in [0.05, 0.1) is 12.7 Å². The van der Waals surface area contributed by atoms with Gasteiger partial charge in [0, 0.05) is 0 Å². The number of epoxide rings is 1. The third-order valence-corrected chi connectivity index (χ3v) is 3.52. The van der Waals surface area contributed by atoms with Crippen molar-refractivity contribution in [2.75, 3.05) is 6.61 Å². The molecule has 2 fully saturated rings. The second kappa shape index (κ2) is 2.78. The van der Waals surface area contributed by atoms with Gasteiger partial charge in [-0.3, -0.25) is 0 Å². The fraction of sp³-hybridized carbons (Fsp3) is 1.00. The van der Waals surface area contributed by atoms with Gasteiger partial charge in [0.1, 0.15) is 0 Å². The Labute approximate surface area is 69.1 Å². The fourth-order valence-corrected chi connectivity index (χ4v) is 2.25. The first kappa shape index (κ1) is 7.60. The van der Waals surface area contributed by atoms with E-state index >= 15 is 0 Å². The van der Waals surface area contributed by atoms with Crippen molar-refractivity contribution in [3.63, 3.8) is 0 Å². The van der Waals surface area contributed by atoms with E-state index in [9.17, 15) is 0 Å². The molecule has 0 bridgehead atoms. The van der Waals surface area contributed by atoms with Crippen LogP contribution in [0.25, 0.3) is 0 Å². The molecule has 0 aromatic heterocycles. The molecule has 0 radical (unpaired) electrons. The lowest BCUT2D eigenvalue weighted by atomic mass is 9.75. The summed E-state index contributed by atoms with van der Waals surface area (Å²) in [4.78, 5) is 0. The Morgan fingerprint density at radius 1 is 1.09 bits per heavy atom. The van der Waals surface area contributed by atoms with E-state index in [4.69, 9.17) is 4.74 Å². The van der Waals surface area contributed by atoms with Gasteiger partial charge < -0.3 is 4.74 Å². The summed E-state index contributed by atoms with van der Waals surface area (Å²) in [5.41, 5.74) is 0. The van der Waals surface area contributed by atoms with Gasteiger partial charge in [-0.05, 0) is 30.6 Å². The first-order chi connectivity index (χ1) is 5.27. The van der Waals surface area contributed by atoms with Crippen molar-refractivity contribution in [1.82, 2.24) is 0 Å². The van der Waals surface area contributed by atoms with Gasteiger partial charge in [-0.15, -0.1) is 0 Å². The molecule has 64 valence electrons. The summed E-state index contributed by atoms with van der Waals surface area (Å²) in [6, 6.07) is 0. The highest BCUT2D eigenvalue weighted by atomic mass is 16.6. The average Bonchev–Trinajstić information content (AvgIpc) is 2.77. The van der Waals surface area contributed by atoms with Crippen LogP contribution in [0.5, 0.6) is 0 Å². The molecule has 0 aromatic carbocycles. The maximum atomic E-state index is 5.33. The minimum absolute atomic E-state index is 0.657. The van der Waals surface area contributed by atoms with Crippen LogP contribution in [0.15, 0.2) is 0 Å². The van der Waals surface area contributed by atoms with Crippen LogP contribution in [-0.4, -0.2) is 12.7 Å². The van der Waals surface area contributed by atoms with E-state index in [0.717, 1.165) is 24.4 Å². The zero-order valence-corrected chi connectivity index (χ0v) is 7.55. The molecule has 1 aliphatic heterocycles. The van der Waals surface area contributed by atoms with E-state index in [1.165, 1.54) is 19.3 Å². The first-order valence-corrected chi connectivity index (χ1v) is 4.89. The zero-order valence-electron chi connectivity index (χ0n) is 7.55. The topological polar surface area (TPSA) is 12.5 Å². The maximum absolute atomic E-state index is 5.33. The molecular weight excluding hydrogens is 136 g/mol. The molecule has 11 heavy (non-hydrogen) atoms. The Morgan fingerprint density at radius 3 is 2.36 bits per heavy atom. The summed E-state index contributed by atoms with van der Waals surface area (Å²) in [6.07, 6.45) is 4.90. The van der Waals surface area contributed by atoms with Crippen molar-refractivity contribution in [2.45, 2.75) is 39.2 Å². The predicted molar refractivity (Wildman–Crippen MR) is 45.4 cm³/mol. The van der Waals surface area contributed by atoms with E-state index in [0.29, 0.717) is 6.10 Å². The van der Waals surface area contributed by atoms with Gasteiger partial charge in [-0.2, -0.15) is 0 Å². The highest BCUT2D eigenvalue weighted by Gasteiger charge is 2.36. The lowest BCUT2D eigenvalue weighted by Gasteiger charge is -2.31. The second-order valence-electron chi connectivity index (χ2n) is 4.40. The molecule has 1 saturated carbocycles. The van der Waals surface area contributed by atoms with Crippen LogP contribution < -0.4 is 0 Å². The van der Waals surface area contributed by atoms with Crippen LogP contribution in [0.1, 0.15) is 33.1 Å². The highest BCUT2D eigenvalue weighted by Crippen LogP contribution is 2.38. The largest absolute Gasteiger partial charge is 0.373 e.